The molecule has 0 heterocycles. The van der Waals surface area contributed by atoms with Gasteiger partial charge in [0, 0.05) is 5.69 Å². The number of rotatable bonds is 4. The van der Waals surface area contributed by atoms with Gasteiger partial charge in [-0.3, -0.25) is 4.79 Å². The molecule has 0 bridgehead atoms. The number of halogens is 6. The molecule has 1 N–H and O–H groups in total. The summed E-state index contributed by atoms with van der Waals surface area (Å²) >= 11 is 0. The summed E-state index contributed by atoms with van der Waals surface area (Å²) in [5.41, 5.74) is -2.33. The van der Waals surface area contributed by atoms with Gasteiger partial charge < -0.3 is 10.1 Å². The number of esters is 1. The van der Waals surface area contributed by atoms with Crippen LogP contribution < -0.4 is 5.32 Å². The van der Waals surface area contributed by atoms with Crippen LogP contribution >= 0.6 is 0 Å². The van der Waals surface area contributed by atoms with Gasteiger partial charge >= 0.3 is 18.3 Å². The van der Waals surface area contributed by atoms with Gasteiger partial charge in [-0.15, -0.1) is 0 Å². The van der Waals surface area contributed by atoms with E-state index >= 15 is 0 Å². The fraction of sp³-hybridized carbons (Fsp3) is 0.222. The Morgan fingerprint density at radius 2 is 1.46 bits per heavy atom. The third-order valence-electron chi connectivity index (χ3n) is 3.56. The first-order chi connectivity index (χ1) is 12.9. The molecule has 0 unspecified atom stereocenters. The number of alkyl halides is 6. The van der Waals surface area contributed by atoms with Crippen molar-refractivity contribution in [3.63, 3.8) is 0 Å². The van der Waals surface area contributed by atoms with E-state index in [2.05, 4.69) is 5.32 Å². The van der Waals surface area contributed by atoms with Crippen LogP contribution in [-0.2, 0) is 21.9 Å². The number of ether oxygens (including phenoxy) is 1. The molecule has 1 atom stereocenters. The standard InChI is InChI=1S/C18H13F6NO3/c1-10(15(26)25-14-7-5-12(6-8-14)17(19,20)21)28-16(27)11-3-2-4-13(9-11)18(22,23)24/h2-10H,1H3,(H,25,26)/t10-/m1/s1. The maximum atomic E-state index is 12.7. The number of anilines is 1. The molecule has 0 spiro atoms. The fourth-order valence-electron chi connectivity index (χ4n) is 2.09. The highest BCUT2D eigenvalue weighted by molar-refractivity contribution is 5.97. The Kier molecular flexibility index (Phi) is 6.01. The predicted molar refractivity (Wildman–Crippen MR) is 86.4 cm³/mol. The maximum Gasteiger partial charge on any atom is 0.416 e. The van der Waals surface area contributed by atoms with Crippen molar-refractivity contribution in [1.82, 2.24) is 0 Å². The smallest absolute Gasteiger partial charge is 0.416 e. The average molecular weight is 405 g/mol. The van der Waals surface area contributed by atoms with Crippen molar-refractivity contribution in [2.75, 3.05) is 5.32 Å². The zero-order chi connectivity index (χ0) is 21.1. The molecule has 28 heavy (non-hydrogen) atoms. The molecule has 0 aliphatic carbocycles. The summed E-state index contributed by atoms with van der Waals surface area (Å²) in [4.78, 5) is 23.9. The lowest BCUT2D eigenvalue weighted by molar-refractivity contribution is -0.138. The van der Waals surface area contributed by atoms with Gasteiger partial charge in [0.1, 0.15) is 0 Å². The maximum absolute atomic E-state index is 12.7. The van der Waals surface area contributed by atoms with E-state index in [1.54, 1.807) is 0 Å². The van der Waals surface area contributed by atoms with Gasteiger partial charge in [-0.2, -0.15) is 26.3 Å². The van der Waals surface area contributed by atoms with Crippen LogP contribution in [0.15, 0.2) is 48.5 Å². The summed E-state index contributed by atoms with van der Waals surface area (Å²) in [6, 6.07) is 7.03. The molecule has 0 aliphatic heterocycles. The van der Waals surface area contributed by atoms with Crippen LogP contribution in [0.4, 0.5) is 32.0 Å². The number of hydrogen-bond acceptors (Lipinski definition) is 3. The highest BCUT2D eigenvalue weighted by Crippen LogP contribution is 2.30. The number of carbonyl (C=O) groups is 2. The van der Waals surface area contributed by atoms with E-state index in [9.17, 15) is 35.9 Å². The Morgan fingerprint density at radius 1 is 0.893 bits per heavy atom. The summed E-state index contributed by atoms with van der Waals surface area (Å²) in [6.07, 6.45) is -10.6. The first-order valence-corrected chi connectivity index (χ1v) is 7.74. The molecule has 0 aliphatic rings. The van der Waals surface area contributed by atoms with Crippen LogP contribution in [0.2, 0.25) is 0 Å². The van der Waals surface area contributed by atoms with Gasteiger partial charge in [-0.25, -0.2) is 4.79 Å². The van der Waals surface area contributed by atoms with Crippen molar-refractivity contribution in [2.45, 2.75) is 25.4 Å². The number of carbonyl (C=O) groups excluding carboxylic acids is 2. The van der Waals surface area contributed by atoms with Crippen LogP contribution in [0.25, 0.3) is 0 Å². The normalized spacial score (nSPS) is 13.0. The Bertz CT molecular complexity index is 859. The molecule has 0 aromatic heterocycles. The summed E-state index contributed by atoms with van der Waals surface area (Å²) in [5.74, 6) is -2.01. The molecular weight excluding hydrogens is 392 g/mol. The highest BCUT2D eigenvalue weighted by atomic mass is 19.4. The molecule has 150 valence electrons. The van der Waals surface area contributed by atoms with E-state index in [4.69, 9.17) is 4.74 Å². The minimum Gasteiger partial charge on any atom is -0.449 e. The van der Waals surface area contributed by atoms with Crippen molar-refractivity contribution in [3.05, 3.63) is 65.2 Å². The van der Waals surface area contributed by atoms with Gasteiger partial charge in [0.25, 0.3) is 5.91 Å². The SMILES string of the molecule is C[C@@H](OC(=O)c1cccc(C(F)(F)F)c1)C(=O)Nc1ccc(C(F)(F)F)cc1. The van der Waals surface area contributed by atoms with Crippen molar-refractivity contribution in [1.29, 1.82) is 0 Å². The Hall–Kier alpha value is -3.04. The Morgan fingerprint density at radius 3 is 2.00 bits per heavy atom. The molecule has 0 saturated heterocycles. The topological polar surface area (TPSA) is 55.4 Å². The highest BCUT2D eigenvalue weighted by Gasteiger charge is 2.32. The van der Waals surface area contributed by atoms with Gasteiger partial charge in [-0.1, -0.05) is 6.07 Å². The largest absolute Gasteiger partial charge is 0.449 e. The summed E-state index contributed by atoms with van der Waals surface area (Å²) in [7, 11) is 0. The molecular formula is C18H13F6NO3. The van der Waals surface area contributed by atoms with E-state index in [1.165, 1.54) is 6.92 Å². The van der Waals surface area contributed by atoms with Crippen LogP contribution in [0, 0.1) is 0 Å². The van der Waals surface area contributed by atoms with E-state index in [0.717, 1.165) is 42.5 Å². The second-order valence-electron chi connectivity index (χ2n) is 5.69. The van der Waals surface area contributed by atoms with E-state index in [0.29, 0.717) is 6.07 Å². The van der Waals surface area contributed by atoms with Crippen LogP contribution in [0.1, 0.15) is 28.4 Å². The Balaban J connectivity index is 2.01. The zero-order valence-corrected chi connectivity index (χ0v) is 14.2. The zero-order valence-electron chi connectivity index (χ0n) is 14.2. The number of hydrogen-bond donors (Lipinski definition) is 1. The number of nitrogens with one attached hydrogen (secondary N) is 1. The second-order valence-corrected chi connectivity index (χ2v) is 5.69. The first kappa shape index (κ1) is 21.3. The van der Waals surface area contributed by atoms with Crippen molar-refractivity contribution < 1.29 is 40.7 Å². The molecule has 1 amide bonds. The molecule has 10 heteroatoms. The molecule has 4 nitrogen and oxygen atoms in total. The minimum absolute atomic E-state index is 0.0277. The van der Waals surface area contributed by atoms with E-state index in [1.807, 2.05) is 0 Å². The lowest BCUT2D eigenvalue weighted by Crippen LogP contribution is -2.30. The van der Waals surface area contributed by atoms with Crippen molar-refractivity contribution in [3.8, 4) is 0 Å². The first-order valence-electron chi connectivity index (χ1n) is 7.74. The van der Waals surface area contributed by atoms with Gasteiger partial charge in [0.15, 0.2) is 6.10 Å². The van der Waals surface area contributed by atoms with Gasteiger partial charge in [0.05, 0.1) is 16.7 Å². The monoisotopic (exact) mass is 405 g/mol. The van der Waals surface area contributed by atoms with E-state index < -0.39 is 47.0 Å². The third kappa shape index (κ3) is 5.48. The van der Waals surface area contributed by atoms with Crippen molar-refractivity contribution >= 4 is 17.6 Å². The van der Waals surface area contributed by atoms with Crippen LogP contribution in [0.3, 0.4) is 0 Å². The Labute approximate surface area is 155 Å². The summed E-state index contributed by atoms with van der Waals surface area (Å²) < 4.78 is 80.4. The molecule has 0 saturated carbocycles. The quantitative estimate of drug-likeness (QED) is 0.581. The second kappa shape index (κ2) is 7.91. The van der Waals surface area contributed by atoms with Crippen molar-refractivity contribution in [2.24, 2.45) is 0 Å². The molecule has 2 aromatic carbocycles. The van der Waals surface area contributed by atoms with Crippen LogP contribution in [0.5, 0.6) is 0 Å². The van der Waals surface area contributed by atoms with Gasteiger partial charge in [-0.05, 0) is 49.4 Å². The lowest BCUT2D eigenvalue weighted by atomic mass is 10.1. The molecule has 0 radical (unpaired) electrons. The minimum atomic E-state index is -4.65. The third-order valence-corrected chi connectivity index (χ3v) is 3.56. The molecule has 0 fully saturated rings. The molecule has 2 rings (SSSR count). The summed E-state index contributed by atoms with van der Waals surface area (Å²) in [6.45, 7) is 1.17. The van der Waals surface area contributed by atoms with E-state index in [-0.39, 0.29) is 5.69 Å². The number of benzene rings is 2. The van der Waals surface area contributed by atoms with Crippen LogP contribution in [-0.4, -0.2) is 18.0 Å². The lowest BCUT2D eigenvalue weighted by Gasteiger charge is -2.15. The van der Waals surface area contributed by atoms with Gasteiger partial charge in [0.2, 0.25) is 0 Å². The number of amides is 1. The predicted octanol–water partition coefficient (Wildman–Crippen LogP) is 4.91. The fourth-order valence-corrected chi connectivity index (χ4v) is 2.09. The molecule has 2 aromatic rings. The average Bonchev–Trinajstić information content (AvgIpc) is 2.60. The summed E-state index contributed by atoms with van der Waals surface area (Å²) in [5, 5.41) is 2.25.